The highest BCUT2D eigenvalue weighted by Crippen LogP contribution is 2.35. The van der Waals surface area contributed by atoms with E-state index >= 15 is 0 Å². The van der Waals surface area contributed by atoms with Gasteiger partial charge in [0.25, 0.3) is 0 Å². The first-order valence-electron chi connectivity index (χ1n) is 8.09. The summed E-state index contributed by atoms with van der Waals surface area (Å²) in [6.45, 7) is 4.79. The second kappa shape index (κ2) is 7.75. The second-order valence-electron chi connectivity index (χ2n) is 6.07. The van der Waals surface area contributed by atoms with Crippen LogP contribution in [-0.4, -0.2) is 26.3 Å². The molecule has 1 aliphatic heterocycles. The molecule has 0 bridgehead atoms. The highest BCUT2D eigenvalue weighted by atomic mass is 35.5. The van der Waals surface area contributed by atoms with Crippen LogP contribution in [0.15, 0.2) is 42.5 Å². The summed E-state index contributed by atoms with van der Waals surface area (Å²) in [4.78, 5) is 0. The molecule has 128 valence electrons. The molecular formula is C19H21Cl2NO2. The van der Waals surface area contributed by atoms with Crippen molar-refractivity contribution >= 4 is 23.2 Å². The summed E-state index contributed by atoms with van der Waals surface area (Å²) >= 11 is 12.3. The van der Waals surface area contributed by atoms with E-state index in [0.717, 1.165) is 30.8 Å². The normalized spacial score (nSPS) is 21.3. The fourth-order valence-corrected chi connectivity index (χ4v) is 3.14. The summed E-state index contributed by atoms with van der Waals surface area (Å²) in [5, 5.41) is 4.44. The molecule has 1 fully saturated rings. The zero-order valence-corrected chi connectivity index (χ0v) is 15.2. The summed E-state index contributed by atoms with van der Waals surface area (Å²) in [6, 6.07) is 13.7. The van der Waals surface area contributed by atoms with E-state index in [1.54, 1.807) is 0 Å². The predicted octanol–water partition coefficient (Wildman–Crippen LogP) is 4.59. The lowest BCUT2D eigenvalue weighted by molar-refractivity contribution is -0.0724. The van der Waals surface area contributed by atoms with Crippen LogP contribution in [0.4, 0.5) is 0 Å². The highest BCUT2D eigenvalue weighted by Gasteiger charge is 2.36. The molecule has 5 heteroatoms. The van der Waals surface area contributed by atoms with E-state index in [1.807, 2.05) is 42.5 Å². The minimum absolute atomic E-state index is 0.426. The number of nitrogens with one attached hydrogen (secondary N) is 1. The molecular weight excluding hydrogens is 345 g/mol. The third-order valence-corrected chi connectivity index (χ3v) is 5.04. The molecule has 1 atom stereocenters. The van der Waals surface area contributed by atoms with Gasteiger partial charge in [0.15, 0.2) is 0 Å². The molecule has 0 radical (unpaired) electrons. The lowest BCUT2D eigenvalue weighted by Gasteiger charge is -2.33. The number of ether oxygens (including phenoxy) is 2. The summed E-state index contributed by atoms with van der Waals surface area (Å²) in [5.41, 5.74) is 1.66. The molecule has 0 aliphatic carbocycles. The lowest BCUT2D eigenvalue weighted by atomic mass is 9.91. The first-order chi connectivity index (χ1) is 11.6. The van der Waals surface area contributed by atoms with Gasteiger partial charge in [0, 0.05) is 6.54 Å². The van der Waals surface area contributed by atoms with E-state index in [1.165, 1.54) is 5.56 Å². The molecule has 1 saturated heterocycles. The van der Waals surface area contributed by atoms with Crippen LogP contribution in [0, 0.1) is 6.92 Å². The van der Waals surface area contributed by atoms with Crippen LogP contribution in [0.3, 0.4) is 0 Å². The monoisotopic (exact) mass is 365 g/mol. The lowest BCUT2D eigenvalue weighted by Crippen LogP contribution is -2.37. The standard InChI is InChI=1S/C19H21Cl2NO2/c1-14-2-5-16(6-3-14)23-13-19(8-9-22-10-11-24-19)15-4-7-17(20)18(21)12-15/h2-7,12,22H,8-11,13H2,1H3. The molecule has 1 heterocycles. The molecule has 3 nitrogen and oxygen atoms in total. The Hall–Kier alpha value is -1.26. The SMILES string of the molecule is Cc1ccc(OCC2(c3ccc(Cl)c(Cl)c3)CCNCCO2)cc1. The summed E-state index contributed by atoms with van der Waals surface area (Å²) in [6.07, 6.45) is 0.802. The molecule has 2 aromatic rings. The van der Waals surface area contributed by atoms with Crippen LogP contribution in [0.25, 0.3) is 0 Å². The molecule has 2 aromatic carbocycles. The minimum atomic E-state index is -0.539. The number of hydrogen-bond acceptors (Lipinski definition) is 3. The number of rotatable bonds is 4. The van der Waals surface area contributed by atoms with Gasteiger partial charge in [-0.3, -0.25) is 0 Å². The summed E-state index contributed by atoms with van der Waals surface area (Å²) in [5.74, 6) is 0.834. The molecule has 0 amide bonds. The van der Waals surface area contributed by atoms with Crippen LogP contribution >= 0.6 is 23.2 Å². The van der Waals surface area contributed by atoms with Crippen molar-refractivity contribution in [2.24, 2.45) is 0 Å². The minimum Gasteiger partial charge on any atom is -0.490 e. The Bertz CT molecular complexity index is 680. The molecule has 24 heavy (non-hydrogen) atoms. The number of benzene rings is 2. The van der Waals surface area contributed by atoms with E-state index in [9.17, 15) is 0 Å². The van der Waals surface area contributed by atoms with Gasteiger partial charge in [-0.25, -0.2) is 0 Å². The number of halogens is 2. The predicted molar refractivity (Wildman–Crippen MR) is 98.3 cm³/mol. The van der Waals surface area contributed by atoms with Gasteiger partial charge in [-0.15, -0.1) is 0 Å². The first-order valence-corrected chi connectivity index (χ1v) is 8.84. The van der Waals surface area contributed by atoms with Gasteiger partial charge < -0.3 is 14.8 Å². The van der Waals surface area contributed by atoms with E-state index in [0.29, 0.717) is 23.3 Å². The maximum absolute atomic E-state index is 6.23. The average molecular weight is 366 g/mol. The zero-order chi connectivity index (χ0) is 17.0. The van der Waals surface area contributed by atoms with Crippen LogP contribution in [0.5, 0.6) is 5.75 Å². The van der Waals surface area contributed by atoms with Crippen molar-refractivity contribution in [2.75, 3.05) is 26.3 Å². The van der Waals surface area contributed by atoms with E-state index in [2.05, 4.69) is 12.2 Å². The van der Waals surface area contributed by atoms with Gasteiger partial charge in [-0.1, -0.05) is 47.0 Å². The fourth-order valence-electron chi connectivity index (χ4n) is 2.84. The van der Waals surface area contributed by atoms with Crippen molar-refractivity contribution in [1.82, 2.24) is 5.32 Å². The Balaban J connectivity index is 1.86. The quantitative estimate of drug-likeness (QED) is 0.859. The highest BCUT2D eigenvalue weighted by molar-refractivity contribution is 6.42. The topological polar surface area (TPSA) is 30.5 Å². The van der Waals surface area contributed by atoms with Crippen molar-refractivity contribution < 1.29 is 9.47 Å². The van der Waals surface area contributed by atoms with Crippen LogP contribution in [0.1, 0.15) is 17.5 Å². The van der Waals surface area contributed by atoms with E-state index < -0.39 is 5.60 Å². The van der Waals surface area contributed by atoms with Gasteiger partial charge >= 0.3 is 0 Å². The van der Waals surface area contributed by atoms with E-state index in [-0.39, 0.29) is 0 Å². The van der Waals surface area contributed by atoms with Gasteiger partial charge in [-0.2, -0.15) is 0 Å². The largest absolute Gasteiger partial charge is 0.490 e. The van der Waals surface area contributed by atoms with Gasteiger partial charge in [0.1, 0.15) is 18.0 Å². The Morgan fingerprint density at radius 1 is 1.08 bits per heavy atom. The number of aryl methyl sites for hydroxylation is 1. The molecule has 0 spiro atoms. The van der Waals surface area contributed by atoms with Gasteiger partial charge in [0.2, 0.25) is 0 Å². The number of hydrogen-bond donors (Lipinski definition) is 1. The summed E-state index contributed by atoms with van der Waals surface area (Å²) in [7, 11) is 0. The van der Waals surface area contributed by atoms with Crippen molar-refractivity contribution in [2.45, 2.75) is 18.9 Å². The van der Waals surface area contributed by atoms with Gasteiger partial charge in [0.05, 0.1) is 16.7 Å². The molecule has 0 saturated carbocycles. The third-order valence-electron chi connectivity index (χ3n) is 4.30. The third kappa shape index (κ3) is 4.04. The van der Waals surface area contributed by atoms with Crippen LogP contribution in [-0.2, 0) is 10.3 Å². The Morgan fingerprint density at radius 3 is 2.62 bits per heavy atom. The van der Waals surface area contributed by atoms with Crippen molar-refractivity contribution in [3.8, 4) is 5.75 Å². The second-order valence-corrected chi connectivity index (χ2v) is 6.89. The molecule has 0 aromatic heterocycles. The Morgan fingerprint density at radius 2 is 1.88 bits per heavy atom. The van der Waals surface area contributed by atoms with Crippen molar-refractivity contribution in [3.63, 3.8) is 0 Å². The Labute approximate surface area is 152 Å². The fraction of sp³-hybridized carbons (Fsp3) is 0.368. The Kier molecular flexibility index (Phi) is 5.67. The molecule has 3 rings (SSSR count). The van der Waals surface area contributed by atoms with Crippen LogP contribution < -0.4 is 10.1 Å². The smallest absolute Gasteiger partial charge is 0.128 e. The maximum atomic E-state index is 6.23. The molecule has 1 unspecified atom stereocenters. The summed E-state index contributed by atoms with van der Waals surface area (Å²) < 4.78 is 12.3. The zero-order valence-electron chi connectivity index (χ0n) is 13.6. The average Bonchev–Trinajstić information content (AvgIpc) is 2.83. The van der Waals surface area contributed by atoms with Crippen molar-refractivity contribution in [3.05, 3.63) is 63.6 Å². The molecule has 1 N–H and O–H groups in total. The maximum Gasteiger partial charge on any atom is 0.128 e. The van der Waals surface area contributed by atoms with E-state index in [4.69, 9.17) is 32.7 Å². The van der Waals surface area contributed by atoms with Gasteiger partial charge in [-0.05, 0) is 49.7 Å². The van der Waals surface area contributed by atoms with Crippen LogP contribution in [0.2, 0.25) is 10.0 Å². The first kappa shape index (κ1) is 17.6. The molecule has 1 aliphatic rings. The van der Waals surface area contributed by atoms with Crippen molar-refractivity contribution in [1.29, 1.82) is 0 Å².